The molecule has 2 rings (SSSR count). The Morgan fingerprint density at radius 3 is 2.55 bits per heavy atom. The number of aliphatic hydroxyl groups is 1. The maximum absolute atomic E-state index is 12.2. The van der Waals surface area contributed by atoms with Gasteiger partial charge in [-0.25, -0.2) is 13.1 Å². The molecule has 1 saturated carbocycles. The van der Waals surface area contributed by atoms with Crippen molar-refractivity contribution < 1.29 is 13.5 Å². The van der Waals surface area contributed by atoms with E-state index in [1.807, 2.05) is 6.92 Å². The first-order valence-electron chi connectivity index (χ1n) is 7.12. The summed E-state index contributed by atoms with van der Waals surface area (Å²) in [5.41, 5.74) is 0.837. The molecule has 0 aliphatic heterocycles. The van der Waals surface area contributed by atoms with E-state index in [4.69, 9.17) is 5.11 Å². The largest absolute Gasteiger partial charge is 0.391 e. The van der Waals surface area contributed by atoms with Crippen LogP contribution in [0.5, 0.6) is 0 Å². The number of thiophene rings is 1. The van der Waals surface area contributed by atoms with E-state index in [2.05, 4.69) is 11.6 Å². The summed E-state index contributed by atoms with van der Waals surface area (Å²) in [7, 11) is -3.43. The Labute approximate surface area is 125 Å². The smallest absolute Gasteiger partial charge is 0.250 e. The standard InChI is InChI=1S/C14H23NO3S2/c1-10-3-5-12(6-4-10)8-15-20(17,18)14-7-11(2)13(9-16)19-14/h7,10,12,15-16H,3-6,8-9H2,1-2H3. The van der Waals surface area contributed by atoms with Gasteiger partial charge in [0.25, 0.3) is 0 Å². The third-order valence-electron chi connectivity index (χ3n) is 4.10. The molecule has 6 heteroatoms. The molecule has 0 amide bonds. The number of nitrogens with one attached hydrogen (secondary N) is 1. The maximum atomic E-state index is 12.2. The van der Waals surface area contributed by atoms with Crippen LogP contribution >= 0.6 is 11.3 Å². The van der Waals surface area contributed by atoms with Crippen LogP contribution in [0.25, 0.3) is 0 Å². The molecular weight excluding hydrogens is 294 g/mol. The van der Waals surface area contributed by atoms with Crippen molar-refractivity contribution in [1.82, 2.24) is 4.72 Å². The quantitative estimate of drug-likeness (QED) is 0.877. The van der Waals surface area contributed by atoms with Crippen LogP contribution in [0.3, 0.4) is 0 Å². The highest BCUT2D eigenvalue weighted by molar-refractivity contribution is 7.91. The molecular formula is C14H23NO3S2. The zero-order valence-corrected chi connectivity index (χ0v) is 13.7. The molecule has 4 nitrogen and oxygen atoms in total. The van der Waals surface area contributed by atoms with Gasteiger partial charge < -0.3 is 5.11 Å². The fourth-order valence-corrected chi connectivity index (χ4v) is 5.22. The van der Waals surface area contributed by atoms with Crippen LogP contribution in [0, 0.1) is 18.8 Å². The van der Waals surface area contributed by atoms with Gasteiger partial charge in [-0.2, -0.15) is 0 Å². The normalized spacial score (nSPS) is 23.9. The van der Waals surface area contributed by atoms with Crippen LogP contribution in [0.2, 0.25) is 0 Å². The van der Waals surface area contributed by atoms with E-state index in [0.29, 0.717) is 16.7 Å². The van der Waals surface area contributed by atoms with E-state index in [9.17, 15) is 8.42 Å². The second kappa shape index (κ2) is 6.56. The predicted octanol–water partition coefficient (Wildman–Crippen LogP) is 2.65. The number of aryl methyl sites for hydroxylation is 1. The molecule has 20 heavy (non-hydrogen) atoms. The molecule has 1 aromatic rings. The van der Waals surface area contributed by atoms with Gasteiger partial charge in [0.15, 0.2) is 0 Å². The molecule has 1 aliphatic carbocycles. The molecule has 0 spiro atoms. The fourth-order valence-electron chi connectivity index (χ4n) is 2.61. The van der Waals surface area contributed by atoms with Crippen molar-refractivity contribution in [1.29, 1.82) is 0 Å². The maximum Gasteiger partial charge on any atom is 0.250 e. The Bertz CT molecular complexity index is 543. The highest BCUT2D eigenvalue weighted by Crippen LogP contribution is 2.29. The minimum atomic E-state index is -3.43. The molecule has 0 aromatic carbocycles. The van der Waals surface area contributed by atoms with Gasteiger partial charge in [0.05, 0.1) is 6.61 Å². The zero-order valence-electron chi connectivity index (χ0n) is 12.1. The lowest BCUT2D eigenvalue weighted by Crippen LogP contribution is -2.30. The monoisotopic (exact) mass is 317 g/mol. The molecule has 0 unspecified atom stereocenters. The number of hydrogen-bond acceptors (Lipinski definition) is 4. The van der Waals surface area contributed by atoms with Gasteiger partial charge in [0, 0.05) is 11.4 Å². The molecule has 1 fully saturated rings. The first-order chi connectivity index (χ1) is 9.42. The molecule has 0 atom stereocenters. The van der Waals surface area contributed by atoms with Crippen LogP contribution in [0.1, 0.15) is 43.0 Å². The van der Waals surface area contributed by atoms with Crippen LogP contribution in [0.15, 0.2) is 10.3 Å². The summed E-state index contributed by atoms with van der Waals surface area (Å²) in [5, 5.41) is 9.15. The Hall–Kier alpha value is -0.430. The summed E-state index contributed by atoms with van der Waals surface area (Å²) in [4.78, 5) is 0.719. The Morgan fingerprint density at radius 1 is 1.35 bits per heavy atom. The predicted molar refractivity (Wildman–Crippen MR) is 81.3 cm³/mol. The van der Waals surface area contributed by atoms with Gasteiger partial charge in [-0.15, -0.1) is 11.3 Å². The zero-order chi connectivity index (χ0) is 14.8. The number of sulfonamides is 1. The summed E-state index contributed by atoms with van der Waals surface area (Å²) in [6.45, 7) is 4.50. The molecule has 0 bridgehead atoms. The Kier molecular flexibility index (Phi) is 5.23. The topological polar surface area (TPSA) is 66.4 Å². The van der Waals surface area contributed by atoms with E-state index in [1.54, 1.807) is 6.07 Å². The number of hydrogen-bond donors (Lipinski definition) is 2. The number of rotatable bonds is 5. The summed E-state index contributed by atoms with van der Waals surface area (Å²) in [5.74, 6) is 1.23. The minimum absolute atomic E-state index is 0.105. The van der Waals surface area contributed by atoms with E-state index in [-0.39, 0.29) is 6.61 Å². The molecule has 1 aromatic heterocycles. The fraction of sp³-hybridized carbons (Fsp3) is 0.714. The van der Waals surface area contributed by atoms with Crippen LogP contribution in [-0.2, 0) is 16.6 Å². The average molecular weight is 317 g/mol. The Morgan fingerprint density at radius 2 is 2.00 bits per heavy atom. The van der Waals surface area contributed by atoms with Crippen molar-refractivity contribution in [3.05, 3.63) is 16.5 Å². The summed E-state index contributed by atoms with van der Waals surface area (Å²) in [6, 6.07) is 1.64. The number of aliphatic hydroxyl groups excluding tert-OH is 1. The van der Waals surface area contributed by atoms with Gasteiger partial charge in [0.1, 0.15) is 4.21 Å². The van der Waals surface area contributed by atoms with Crippen molar-refractivity contribution in [2.45, 2.75) is 50.3 Å². The molecule has 114 valence electrons. The van der Waals surface area contributed by atoms with Gasteiger partial charge >= 0.3 is 0 Å². The van der Waals surface area contributed by atoms with E-state index >= 15 is 0 Å². The van der Waals surface area contributed by atoms with Gasteiger partial charge in [-0.05, 0) is 43.2 Å². The van der Waals surface area contributed by atoms with Gasteiger partial charge in [-0.1, -0.05) is 19.8 Å². The van der Waals surface area contributed by atoms with Crippen molar-refractivity contribution in [2.24, 2.45) is 11.8 Å². The van der Waals surface area contributed by atoms with E-state index in [0.717, 1.165) is 40.5 Å². The molecule has 0 radical (unpaired) electrons. The average Bonchev–Trinajstić information content (AvgIpc) is 2.80. The highest BCUT2D eigenvalue weighted by atomic mass is 32.2. The van der Waals surface area contributed by atoms with Crippen molar-refractivity contribution in [2.75, 3.05) is 6.54 Å². The first kappa shape index (κ1) is 15.9. The third kappa shape index (κ3) is 3.81. The van der Waals surface area contributed by atoms with E-state index < -0.39 is 10.0 Å². The SMILES string of the molecule is Cc1cc(S(=O)(=O)NCC2CCC(C)CC2)sc1CO. The van der Waals surface area contributed by atoms with Crippen LogP contribution in [0.4, 0.5) is 0 Å². The van der Waals surface area contributed by atoms with Crippen LogP contribution in [-0.4, -0.2) is 20.1 Å². The van der Waals surface area contributed by atoms with Crippen molar-refractivity contribution in [3.63, 3.8) is 0 Å². The van der Waals surface area contributed by atoms with Gasteiger partial charge in [0.2, 0.25) is 10.0 Å². The lowest BCUT2D eigenvalue weighted by Gasteiger charge is -2.26. The molecule has 1 heterocycles. The molecule has 1 aliphatic rings. The summed E-state index contributed by atoms with van der Waals surface area (Å²) in [6.07, 6.45) is 4.60. The minimum Gasteiger partial charge on any atom is -0.391 e. The lowest BCUT2D eigenvalue weighted by atomic mass is 9.83. The summed E-state index contributed by atoms with van der Waals surface area (Å²) >= 11 is 1.15. The Balaban J connectivity index is 1.96. The first-order valence-corrected chi connectivity index (χ1v) is 9.42. The second-order valence-electron chi connectivity index (χ2n) is 5.81. The summed E-state index contributed by atoms with van der Waals surface area (Å²) < 4.78 is 27.5. The highest BCUT2D eigenvalue weighted by Gasteiger charge is 2.23. The third-order valence-corrected chi connectivity index (χ3v) is 7.22. The van der Waals surface area contributed by atoms with Crippen molar-refractivity contribution >= 4 is 21.4 Å². The molecule has 0 saturated heterocycles. The second-order valence-corrected chi connectivity index (χ2v) is 8.94. The van der Waals surface area contributed by atoms with E-state index in [1.165, 1.54) is 12.8 Å². The lowest BCUT2D eigenvalue weighted by molar-refractivity contribution is 0.285. The van der Waals surface area contributed by atoms with Crippen LogP contribution < -0.4 is 4.72 Å². The molecule has 2 N–H and O–H groups in total. The van der Waals surface area contributed by atoms with Gasteiger partial charge in [-0.3, -0.25) is 0 Å². The van der Waals surface area contributed by atoms with Crippen molar-refractivity contribution in [3.8, 4) is 0 Å².